The number of aliphatic carboxylic acids is 1. The van der Waals surface area contributed by atoms with Crippen molar-refractivity contribution in [1.29, 1.82) is 0 Å². The lowest BCUT2D eigenvalue weighted by molar-refractivity contribution is -0.139. The largest absolute Gasteiger partial charge is 0.480 e. The van der Waals surface area contributed by atoms with Gasteiger partial charge in [-0.15, -0.1) is 0 Å². The number of likely N-dealkylation sites (N-methyl/N-ethyl adjacent to an activating group) is 2. The van der Waals surface area contributed by atoms with Gasteiger partial charge in [-0.25, -0.2) is 0 Å². The summed E-state index contributed by atoms with van der Waals surface area (Å²) in [7, 11) is 1.99. The summed E-state index contributed by atoms with van der Waals surface area (Å²) in [6.07, 6.45) is 2.43. The molecule has 2 N–H and O–H groups in total. The van der Waals surface area contributed by atoms with Gasteiger partial charge in [0.25, 0.3) is 0 Å². The Morgan fingerprint density at radius 1 is 1.69 bits per heavy atom. The molecule has 0 aliphatic heterocycles. The van der Waals surface area contributed by atoms with Crippen LogP contribution in [0.2, 0.25) is 0 Å². The standard InChI is InChI=1S/C9H18N2O2/c1-3-10-8(9(12)13)6-11(2)7-4-5-7/h7-8,10H,3-6H2,1-2H3,(H,12,13). The SMILES string of the molecule is CCNC(CN(C)C1CC1)C(=O)O. The monoisotopic (exact) mass is 186 g/mol. The zero-order valence-corrected chi connectivity index (χ0v) is 8.29. The molecule has 1 aliphatic carbocycles. The maximum Gasteiger partial charge on any atom is 0.322 e. The van der Waals surface area contributed by atoms with E-state index >= 15 is 0 Å². The van der Waals surface area contributed by atoms with E-state index in [1.165, 1.54) is 12.8 Å². The van der Waals surface area contributed by atoms with Crippen LogP contribution >= 0.6 is 0 Å². The Hall–Kier alpha value is -0.610. The Bertz CT molecular complexity index is 180. The molecular weight excluding hydrogens is 168 g/mol. The third-order valence-electron chi connectivity index (χ3n) is 2.39. The Balaban J connectivity index is 2.31. The summed E-state index contributed by atoms with van der Waals surface area (Å²) >= 11 is 0. The molecule has 1 unspecified atom stereocenters. The van der Waals surface area contributed by atoms with E-state index in [2.05, 4.69) is 10.2 Å². The van der Waals surface area contributed by atoms with Crippen LogP contribution < -0.4 is 5.32 Å². The Kier molecular flexibility index (Phi) is 3.69. The molecule has 1 aliphatic rings. The highest BCUT2D eigenvalue weighted by atomic mass is 16.4. The maximum atomic E-state index is 10.8. The summed E-state index contributed by atoms with van der Waals surface area (Å²) in [5.74, 6) is -0.755. The van der Waals surface area contributed by atoms with E-state index in [4.69, 9.17) is 5.11 Å². The van der Waals surface area contributed by atoms with Crippen molar-refractivity contribution in [2.24, 2.45) is 0 Å². The van der Waals surface area contributed by atoms with Crippen LogP contribution in [0.25, 0.3) is 0 Å². The average Bonchev–Trinajstić information content (AvgIpc) is 2.85. The summed E-state index contributed by atoms with van der Waals surface area (Å²) in [6, 6.07) is 0.205. The third-order valence-corrected chi connectivity index (χ3v) is 2.39. The van der Waals surface area contributed by atoms with Crippen LogP contribution in [0.3, 0.4) is 0 Å². The first-order valence-electron chi connectivity index (χ1n) is 4.81. The topological polar surface area (TPSA) is 52.6 Å². The van der Waals surface area contributed by atoms with Crippen molar-refractivity contribution in [3.05, 3.63) is 0 Å². The highest BCUT2D eigenvalue weighted by Crippen LogP contribution is 2.25. The second kappa shape index (κ2) is 4.58. The van der Waals surface area contributed by atoms with Gasteiger partial charge in [0.1, 0.15) is 6.04 Å². The number of nitrogens with zero attached hydrogens (tertiary/aromatic N) is 1. The molecule has 0 spiro atoms. The van der Waals surface area contributed by atoms with Crippen molar-refractivity contribution in [3.63, 3.8) is 0 Å². The number of nitrogens with one attached hydrogen (secondary N) is 1. The number of carboxylic acids is 1. The predicted molar refractivity (Wildman–Crippen MR) is 50.8 cm³/mol. The molecule has 4 heteroatoms. The average molecular weight is 186 g/mol. The van der Waals surface area contributed by atoms with Crippen molar-refractivity contribution < 1.29 is 9.90 Å². The molecule has 1 saturated carbocycles. The van der Waals surface area contributed by atoms with E-state index in [1.807, 2.05) is 14.0 Å². The number of carbonyl (C=O) groups is 1. The minimum absolute atomic E-state index is 0.421. The van der Waals surface area contributed by atoms with Gasteiger partial charge >= 0.3 is 5.97 Å². The molecule has 1 fully saturated rings. The smallest absolute Gasteiger partial charge is 0.322 e. The number of hydrogen-bond donors (Lipinski definition) is 2. The molecular formula is C9H18N2O2. The molecule has 13 heavy (non-hydrogen) atoms. The normalized spacial score (nSPS) is 19.0. The van der Waals surface area contributed by atoms with Gasteiger partial charge in [0, 0.05) is 12.6 Å². The first-order valence-corrected chi connectivity index (χ1v) is 4.81. The predicted octanol–water partition coefficient (Wildman–Crippen LogP) is 0.143. The van der Waals surface area contributed by atoms with Crippen molar-refractivity contribution in [1.82, 2.24) is 10.2 Å². The number of rotatable bonds is 6. The van der Waals surface area contributed by atoms with Gasteiger partial charge in [-0.1, -0.05) is 6.92 Å². The molecule has 0 heterocycles. The van der Waals surface area contributed by atoms with Gasteiger partial charge < -0.3 is 15.3 Å². The fourth-order valence-corrected chi connectivity index (χ4v) is 1.43. The first kappa shape index (κ1) is 10.5. The fraction of sp³-hybridized carbons (Fsp3) is 0.889. The molecule has 1 atom stereocenters. The fourth-order valence-electron chi connectivity index (χ4n) is 1.43. The van der Waals surface area contributed by atoms with Crippen LogP contribution in [0.5, 0.6) is 0 Å². The molecule has 76 valence electrons. The van der Waals surface area contributed by atoms with E-state index in [0.29, 0.717) is 19.1 Å². The van der Waals surface area contributed by atoms with Gasteiger partial charge in [0.05, 0.1) is 0 Å². The second-order valence-electron chi connectivity index (χ2n) is 3.62. The first-order chi connectivity index (χ1) is 6.15. The lowest BCUT2D eigenvalue weighted by Gasteiger charge is -2.21. The van der Waals surface area contributed by atoms with Gasteiger partial charge in [-0.3, -0.25) is 4.79 Å². The van der Waals surface area contributed by atoms with E-state index in [-0.39, 0.29) is 0 Å². The zero-order chi connectivity index (χ0) is 9.84. The van der Waals surface area contributed by atoms with E-state index in [0.717, 1.165) is 0 Å². The molecule has 0 bridgehead atoms. The highest BCUT2D eigenvalue weighted by molar-refractivity contribution is 5.73. The van der Waals surface area contributed by atoms with E-state index in [1.54, 1.807) is 0 Å². The molecule has 0 saturated heterocycles. The van der Waals surface area contributed by atoms with Crippen molar-refractivity contribution >= 4 is 5.97 Å². The zero-order valence-electron chi connectivity index (χ0n) is 8.29. The van der Waals surface area contributed by atoms with E-state index < -0.39 is 12.0 Å². The second-order valence-corrected chi connectivity index (χ2v) is 3.62. The molecule has 1 rings (SSSR count). The summed E-state index contributed by atoms with van der Waals surface area (Å²) in [5, 5.41) is 11.8. The van der Waals surface area contributed by atoms with Crippen molar-refractivity contribution in [2.75, 3.05) is 20.1 Å². The molecule has 0 amide bonds. The summed E-state index contributed by atoms with van der Waals surface area (Å²) in [6.45, 7) is 3.23. The van der Waals surface area contributed by atoms with Crippen molar-refractivity contribution in [2.45, 2.75) is 31.8 Å². The van der Waals surface area contributed by atoms with Crippen LogP contribution in [0.4, 0.5) is 0 Å². The van der Waals surface area contributed by atoms with Gasteiger partial charge in [0.15, 0.2) is 0 Å². The maximum absolute atomic E-state index is 10.8. The van der Waals surface area contributed by atoms with Crippen LogP contribution in [-0.2, 0) is 4.79 Å². The minimum Gasteiger partial charge on any atom is -0.480 e. The van der Waals surface area contributed by atoms with Crippen LogP contribution in [0, 0.1) is 0 Å². The van der Waals surface area contributed by atoms with Gasteiger partial charge in [0.2, 0.25) is 0 Å². The number of carboxylic acid groups (broad SMARTS) is 1. The summed E-state index contributed by atoms with van der Waals surface area (Å²) in [5.41, 5.74) is 0. The lowest BCUT2D eigenvalue weighted by atomic mass is 10.2. The van der Waals surface area contributed by atoms with Crippen LogP contribution in [-0.4, -0.2) is 48.2 Å². The lowest BCUT2D eigenvalue weighted by Crippen LogP contribution is -2.45. The van der Waals surface area contributed by atoms with Crippen LogP contribution in [0.15, 0.2) is 0 Å². The third kappa shape index (κ3) is 3.32. The Morgan fingerprint density at radius 3 is 2.69 bits per heavy atom. The van der Waals surface area contributed by atoms with Crippen molar-refractivity contribution in [3.8, 4) is 0 Å². The molecule has 0 aromatic rings. The molecule has 0 radical (unpaired) electrons. The molecule has 0 aromatic carbocycles. The van der Waals surface area contributed by atoms with Gasteiger partial charge in [-0.2, -0.15) is 0 Å². The van der Waals surface area contributed by atoms with Gasteiger partial charge in [-0.05, 0) is 26.4 Å². The highest BCUT2D eigenvalue weighted by Gasteiger charge is 2.29. The molecule has 0 aromatic heterocycles. The summed E-state index contributed by atoms with van der Waals surface area (Å²) < 4.78 is 0. The minimum atomic E-state index is -0.755. The van der Waals surface area contributed by atoms with E-state index in [9.17, 15) is 4.79 Å². The van der Waals surface area contributed by atoms with Crippen LogP contribution in [0.1, 0.15) is 19.8 Å². The Morgan fingerprint density at radius 2 is 2.31 bits per heavy atom. The Labute approximate surface area is 78.9 Å². The number of hydrogen-bond acceptors (Lipinski definition) is 3. The summed E-state index contributed by atoms with van der Waals surface area (Å²) in [4.78, 5) is 12.9. The quantitative estimate of drug-likeness (QED) is 0.619. The molecule has 4 nitrogen and oxygen atoms in total.